The predicted octanol–water partition coefficient (Wildman–Crippen LogP) is 1.58. The molecule has 2 aromatic rings. The molecule has 4 rings (SSSR count). The summed E-state index contributed by atoms with van der Waals surface area (Å²) in [5.41, 5.74) is 7.31. The summed E-state index contributed by atoms with van der Waals surface area (Å²) in [7, 11) is 0. The van der Waals surface area contributed by atoms with Gasteiger partial charge in [0.1, 0.15) is 5.75 Å². The number of likely N-dealkylation sites (tertiary alicyclic amines) is 1. The summed E-state index contributed by atoms with van der Waals surface area (Å²) in [6.07, 6.45) is 3.05. The van der Waals surface area contributed by atoms with Gasteiger partial charge in [-0.05, 0) is 44.5 Å². The normalized spacial score (nSPS) is 19.3. The highest BCUT2D eigenvalue weighted by atomic mass is 35.5. The lowest BCUT2D eigenvalue weighted by molar-refractivity contribution is 0.0608. The van der Waals surface area contributed by atoms with E-state index in [2.05, 4.69) is 43.0 Å². The molecule has 204 valence electrons. The molecule has 0 bridgehead atoms. The van der Waals surface area contributed by atoms with E-state index in [9.17, 15) is 9.90 Å². The van der Waals surface area contributed by atoms with Gasteiger partial charge in [0.05, 0.1) is 18.2 Å². The molecule has 38 heavy (non-hydrogen) atoms. The lowest BCUT2D eigenvalue weighted by atomic mass is 9.97. The molecule has 2 aliphatic heterocycles. The second-order valence-electron chi connectivity index (χ2n) is 9.76. The van der Waals surface area contributed by atoms with Crippen LogP contribution in [0.3, 0.4) is 0 Å². The number of phenolic OH excluding ortho intramolecular Hbond substituents is 1. The van der Waals surface area contributed by atoms with Crippen LogP contribution in [0.2, 0.25) is 5.15 Å². The van der Waals surface area contributed by atoms with Gasteiger partial charge in [-0.2, -0.15) is 5.26 Å². The first kappa shape index (κ1) is 27.9. The van der Waals surface area contributed by atoms with Crippen molar-refractivity contribution in [1.82, 2.24) is 25.1 Å². The Bertz CT molecular complexity index is 1180. The van der Waals surface area contributed by atoms with Crippen LogP contribution in [0.15, 0.2) is 18.2 Å². The number of hydrogen-bond acceptors (Lipinski definition) is 10. The highest BCUT2D eigenvalue weighted by Crippen LogP contribution is 2.30. The number of aliphatic hydroxyl groups excluding tert-OH is 1. The molecule has 0 unspecified atom stereocenters. The van der Waals surface area contributed by atoms with Crippen LogP contribution in [0.5, 0.6) is 5.75 Å². The third kappa shape index (κ3) is 6.27. The predicted molar refractivity (Wildman–Crippen MR) is 145 cm³/mol. The number of aromatic nitrogens is 2. The standard InChI is InChI=1S/C26H35ClN8O3/c1-2-19-16-34(25-23(27)31-22(24(29)32-25)26(38)30-7-12-36)10-11-35(19)20-5-8-33(9-6-20)15-18-4-3-17(14-28)13-21(18)37/h3-4,13,19-20,36-37H,2,5-12,15-16H2,1H3,(H2,29,32)(H,30,38)/t19-/m0/s1. The van der Waals surface area contributed by atoms with Gasteiger partial charge < -0.3 is 26.2 Å². The zero-order chi connectivity index (χ0) is 27.2. The van der Waals surface area contributed by atoms with Crippen molar-refractivity contribution in [2.45, 2.75) is 44.8 Å². The van der Waals surface area contributed by atoms with Gasteiger partial charge in [-0.15, -0.1) is 0 Å². The number of piperazine rings is 1. The van der Waals surface area contributed by atoms with Gasteiger partial charge in [0, 0.05) is 50.4 Å². The van der Waals surface area contributed by atoms with Crippen LogP contribution in [0.25, 0.3) is 0 Å². The summed E-state index contributed by atoms with van der Waals surface area (Å²) in [6, 6.07) is 7.95. The van der Waals surface area contributed by atoms with Gasteiger partial charge in [-0.25, -0.2) is 9.97 Å². The minimum atomic E-state index is -0.519. The number of anilines is 2. The van der Waals surface area contributed by atoms with Crippen LogP contribution in [0.4, 0.5) is 11.6 Å². The molecule has 2 fully saturated rings. The van der Waals surface area contributed by atoms with E-state index in [-0.39, 0.29) is 35.6 Å². The van der Waals surface area contributed by atoms with E-state index >= 15 is 0 Å². The van der Waals surface area contributed by atoms with E-state index < -0.39 is 5.91 Å². The molecule has 1 atom stereocenters. The highest BCUT2D eigenvalue weighted by Gasteiger charge is 2.34. The number of rotatable bonds is 8. The topological polar surface area (TPSA) is 155 Å². The maximum atomic E-state index is 12.2. The van der Waals surface area contributed by atoms with Crippen LogP contribution in [0, 0.1) is 11.3 Å². The molecule has 0 saturated carbocycles. The Hall–Kier alpha value is -3.17. The molecule has 2 aliphatic rings. The lowest BCUT2D eigenvalue weighted by Crippen LogP contribution is -2.58. The Morgan fingerprint density at radius 2 is 2.03 bits per heavy atom. The minimum absolute atomic E-state index is 0.0102. The van der Waals surface area contributed by atoms with Crippen LogP contribution in [-0.4, -0.2) is 93.8 Å². The SMILES string of the molecule is CC[C@H]1CN(c2nc(N)c(C(=O)NCCO)nc2Cl)CCN1C1CCN(Cc2ccc(C#N)cc2O)CC1. The van der Waals surface area contributed by atoms with Gasteiger partial charge in [0.2, 0.25) is 0 Å². The number of piperidine rings is 1. The third-order valence-corrected chi connectivity index (χ3v) is 7.66. The quantitative estimate of drug-likeness (QED) is 0.386. The molecule has 1 aromatic carbocycles. The van der Waals surface area contributed by atoms with Crippen molar-refractivity contribution < 1.29 is 15.0 Å². The van der Waals surface area contributed by atoms with Crippen molar-refractivity contribution in [3.05, 3.63) is 40.2 Å². The summed E-state index contributed by atoms with van der Waals surface area (Å²) >= 11 is 6.45. The van der Waals surface area contributed by atoms with Crippen molar-refractivity contribution in [2.24, 2.45) is 0 Å². The Kier molecular flexibility index (Phi) is 9.22. The smallest absolute Gasteiger partial charge is 0.273 e. The van der Waals surface area contributed by atoms with Gasteiger partial charge in [0.25, 0.3) is 5.91 Å². The van der Waals surface area contributed by atoms with Gasteiger partial charge in [0.15, 0.2) is 22.5 Å². The number of carbonyl (C=O) groups excluding carboxylic acids is 1. The first-order valence-corrected chi connectivity index (χ1v) is 13.4. The zero-order valence-corrected chi connectivity index (χ0v) is 22.4. The average molecular weight is 543 g/mol. The third-order valence-electron chi connectivity index (χ3n) is 7.41. The number of carbonyl (C=O) groups is 1. The number of halogens is 1. The number of nitriles is 1. The summed E-state index contributed by atoms with van der Waals surface area (Å²) in [6.45, 7) is 6.95. The molecule has 0 spiro atoms. The first-order valence-electron chi connectivity index (χ1n) is 13.0. The highest BCUT2D eigenvalue weighted by molar-refractivity contribution is 6.32. The van der Waals surface area contributed by atoms with E-state index in [1.54, 1.807) is 6.07 Å². The number of aliphatic hydroxyl groups is 1. The number of nitrogens with two attached hydrogens (primary N) is 1. The Labute approximate surface area is 227 Å². The Balaban J connectivity index is 1.35. The number of nitrogens with zero attached hydrogens (tertiary/aromatic N) is 6. The first-order chi connectivity index (χ1) is 18.3. The lowest BCUT2D eigenvalue weighted by Gasteiger charge is -2.47. The number of hydrogen-bond donors (Lipinski definition) is 4. The van der Waals surface area contributed by atoms with Gasteiger partial charge in [-0.1, -0.05) is 24.6 Å². The molecule has 11 nitrogen and oxygen atoms in total. The monoisotopic (exact) mass is 542 g/mol. The molecule has 1 aromatic heterocycles. The van der Waals surface area contributed by atoms with Crippen molar-refractivity contribution in [3.63, 3.8) is 0 Å². The number of phenols is 1. The van der Waals surface area contributed by atoms with Gasteiger partial charge in [-0.3, -0.25) is 14.6 Å². The van der Waals surface area contributed by atoms with Crippen LogP contribution < -0.4 is 16.0 Å². The van der Waals surface area contributed by atoms with Crippen molar-refractivity contribution in [2.75, 3.05) is 56.5 Å². The summed E-state index contributed by atoms with van der Waals surface area (Å²) in [5, 5.41) is 30.9. The fourth-order valence-electron chi connectivity index (χ4n) is 5.36. The van der Waals surface area contributed by atoms with Gasteiger partial charge >= 0.3 is 0 Å². The zero-order valence-electron chi connectivity index (χ0n) is 21.6. The number of amides is 1. The average Bonchev–Trinajstić information content (AvgIpc) is 2.93. The molecule has 0 aliphatic carbocycles. The number of aromatic hydroxyl groups is 1. The van der Waals surface area contributed by atoms with Crippen molar-refractivity contribution in [3.8, 4) is 11.8 Å². The molecule has 0 radical (unpaired) electrons. The molecule has 3 heterocycles. The number of nitrogens with one attached hydrogen (secondary N) is 1. The van der Waals surface area contributed by atoms with Crippen LogP contribution in [0.1, 0.15) is 47.8 Å². The number of nitrogen functional groups attached to an aromatic ring is 1. The molecule has 1 amide bonds. The second-order valence-corrected chi connectivity index (χ2v) is 10.1. The van der Waals surface area contributed by atoms with E-state index in [1.807, 2.05) is 6.07 Å². The Morgan fingerprint density at radius 3 is 2.68 bits per heavy atom. The fourth-order valence-corrected chi connectivity index (χ4v) is 5.61. The molecule has 5 N–H and O–H groups in total. The molecular weight excluding hydrogens is 508 g/mol. The van der Waals surface area contributed by atoms with E-state index in [0.717, 1.165) is 57.5 Å². The maximum absolute atomic E-state index is 12.2. The maximum Gasteiger partial charge on any atom is 0.273 e. The van der Waals surface area contributed by atoms with E-state index in [0.29, 0.717) is 30.0 Å². The molecule has 12 heteroatoms. The second kappa shape index (κ2) is 12.6. The largest absolute Gasteiger partial charge is 0.508 e. The van der Waals surface area contributed by atoms with Crippen LogP contribution >= 0.6 is 11.6 Å². The Morgan fingerprint density at radius 1 is 1.26 bits per heavy atom. The van der Waals surface area contributed by atoms with E-state index in [4.69, 9.17) is 27.7 Å². The van der Waals surface area contributed by atoms with Crippen molar-refractivity contribution >= 4 is 29.1 Å². The molecular formula is C26H35ClN8O3. The van der Waals surface area contributed by atoms with E-state index in [1.165, 1.54) is 6.07 Å². The van der Waals surface area contributed by atoms with Crippen molar-refractivity contribution in [1.29, 1.82) is 5.26 Å². The summed E-state index contributed by atoms with van der Waals surface area (Å²) in [5.74, 6) is 0.151. The molecule has 2 saturated heterocycles. The summed E-state index contributed by atoms with van der Waals surface area (Å²) in [4.78, 5) is 27.9. The minimum Gasteiger partial charge on any atom is -0.508 e. The van der Waals surface area contributed by atoms with Crippen LogP contribution in [-0.2, 0) is 6.54 Å². The number of benzene rings is 1. The fraction of sp³-hybridized carbons (Fsp3) is 0.538. The summed E-state index contributed by atoms with van der Waals surface area (Å²) < 4.78 is 0.